The fourth-order valence-corrected chi connectivity index (χ4v) is 2.85. The van der Waals surface area contributed by atoms with E-state index < -0.39 is 10.0 Å². The predicted octanol–water partition coefficient (Wildman–Crippen LogP) is 0.963. The van der Waals surface area contributed by atoms with Crippen molar-refractivity contribution in [2.45, 2.75) is 25.7 Å². The average molecular weight is 314 g/mol. The first-order chi connectivity index (χ1) is 9.66. The van der Waals surface area contributed by atoms with Gasteiger partial charge in [-0.15, -0.1) is 0 Å². The zero-order chi connectivity index (χ0) is 16.2. The first-order valence-electron chi connectivity index (χ1n) is 6.58. The fourth-order valence-electron chi connectivity index (χ4n) is 1.97. The van der Waals surface area contributed by atoms with E-state index in [0.29, 0.717) is 24.3 Å². The number of ether oxygens (including phenoxy) is 1. The molecule has 1 rings (SSSR count). The molecular weight excluding hydrogens is 292 g/mol. The zero-order valence-corrected chi connectivity index (χ0v) is 13.6. The molecule has 1 aromatic carbocycles. The number of methoxy groups -OCH3 is 1. The van der Waals surface area contributed by atoms with Gasteiger partial charge < -0.3 is 10.1 Å². The summed E-state index contributed by atoms with van der Waals surface area (Å²) in [5, 5.41) is 7.94. The normalized spacial score (nSPS) is 13.0. The minimum atomic E-state index is -3.85. The van der Waals surface area contributed by atoms with Crippen LogP contribution in [0.25, 0.3) is 0 Å². The summed E-state index contributed by atoms with van der Waals surface area (Å²) in [7, 11) is -2.25. The Bertz CT molecular complexity index is 626. The van der Waals surface area contributed by atoms with Gasteiger partial charge in [0.1, 0.15) is 0 Å². The summed E-state index contributed by atoms with van der Waals surface area (Å²) in [6.45, 7) is 6.34. The third-order valence-electron chi connectivity index (χ3n) is 3.25. The Kier molecular flexibility index (Phi) is 5.88. The molecule has 0 radical (unpaired) electrons. The first kappa shape index (κ1) is 17.6. The van der Waals surface area contributed by atoms with Crippen LogP contribution in [0.3, 0.4) is 0 Å². The van der Waals surface area contributed by atoms with Crippen LogP contribution in [0.2, 0.25) is 0 Å². The predicted molar refractivity (Wildman–Crippen MR) is 80.7 cm³/mol. The number of rotatable bonds is 6. The molecule has 0 bridgehead atoms. The van der Waals surface area contributed by atoms with Crippen molar-refractivity contribution in [2.24, 2.45) is 11.1 Å². The molecule has 0 aliphatic heterocycles. The lowest BCUT2D eigenvalue weighted by atomic mass is 10.1. The van der Waals surface area contributed by atoms with Crippen molar-refractivity contribution in [1.82, 2.24) is 5.32 Å². The molecule has 0 spiro atoms. The molecule has 0 saturated heterocycles. The van der Waals surface area contributed by atoms with Crippen LogP contribution in [0.5, 0.6) is 0 Å². The van der Waals surface area contributed by atoms with Crippen LogP contribution in [-0.2, 0) is 14.8 Å². The highest BCUT2D eigenvalue weighted by Crippen LogP contribution is 2.20. The first-order valence-corrected chi connectivity index (χ1v) is 8.12. The Morgan fingerprint density at radius 1 is 1.38 bits per heavy atom. The number of primary sulfonamides is 1. The molecule has 1 amide bonds. The van der Waals surface area contributed by atoms with Crippen molar-refractivity contribution in [1.29, 1.82) is 0 Å². The summed E-state index contributed by atoms with van der Waals surface area (Å²) in [4.78, 5) is 12.1. The molecule has 118 valence electrons. The standard InChI is InChI=1S/C14H22N2O4S/c1-9(8-20-4)7-16-14(17)12-5-10(2)11(3)13(6-12)21(15,18)19/h5-6,9H,7-8H2,1-4H3,(H,16,17)(H2,15,18,19). The third kappa shape index (κ3) is 4.80. The number of carbonyl (C=O) groups excluding carboxylic acids is 1. The van der Waals surface area contributed by atoms with E-state index in [1.165, 1.54) is 6.07 Å². The van der Waals surface area contributed by atoms with Crippen LogP contribution in [-0.4, -0.2) is 34.6 Å². The SMILES string of the molecule is COCC(C)CNC(=O)c1cc(C)c(C)c(S(N)(=O)=O)c1. The fraction of sp³-hybridized carbons (Fsp3) is 0.500. The Hall–Kier alpha value is -1.44. The lowest BCUT2D eigenvalue weighted by Crippen LogP contribution is -2.30. The van der Waals surface area contributed by atoms with Gasteiger partial charge in [0.15, 0.2) is 0 Å². The summed E-state index contributed by atoms with van der Waals surface area (Å²) in [6.07, 6.45) is 0. The lowest BCUT2D eigenvalue weighted by molar-refractivity contribution is 0.0934. The summed E-state index contributed by atoms with van der Waals surface area (Å²) >= 11 is 0. The van der Waals surface area contributed by atoms with Gasteiger partial charge in [0.25, 0.3) is 5.91 Å². The van der Waals surface area contributed by atoms with Crippen LogP contribution in [0, 0.1) is 19.8 Å². The number of aryl methyl sites for hydroxylation is 1. The second-order valence-electron chi connectivity index (χ2n) is 5.23. The van der Waals surface area contributed by atoms with Crippen molar-refractivity contribution >= 4 is 15.9 Å². The molecule has 3 N–H and O–H groups in total. The molecule has 6 nitrogen and oxygen atoms in total. The number of benzene rings is 1. The summed E-state index contributed by atoms with van der Waals surface area (Å²) in [5.74, 6) is -0.158. The number of nitrogens with one attached hydrogen (secondary N) is 1. The average Bonchev–Trinajstić information content (AvgIpc) is 2.38. The highest BCUT2D eigenvalue weighted by atomic mass is 32.2. The largest absolute Gasteiger partial charge is 0.384 e. The Morgan fingerprint density at radius 3 is 2.52 bits per heavy atom. The van der Waals surface area contributed by atoms with Gasteiger partial charge in [0.2, 0.25) is 10.0 Å². The monoisotopic (exact) mass is 314 g/mol. The highest BCUT2D eigenvalue weighted by molar-refractivity contribution is 7.89. The van der Waals surface area contributed by atoms with Crippen molar-refractivity contribution in [3.63, 3.8) is 0 Å². The number of amides is 1. The maximum Gasteiger partial charge on any atom is 0.251 e. The van der Waals surface area contributed by atoms with E-state index in [-0.39, 0.29) is 22.3 Å². The van der Waals surface area contributed by atoms with E-state index in [1.54, 1.807) is 27.0 Å². The topological polar surface area (TPSA) is 98.5 Å². The van der Waals surface area contributed by atoms with Crippen LogP contribution in [0.4, 0.5) is 0 Å². The van der Waals surface area contributed by atoms with Gasteiger partial charge in [0.05, 0.1) is 11.5 Å². The van der Waals surface area contributed by atoms with Crippen molar-refractivity contribution in [2.75, 3.05) is 20.3 Å². The summed E-state index contributed by atoms with van der Waals surface area (Å²) in [6, 6.07) is 2.97. The molecule has 0 fully saturated rings. The van der Waals surface area contributed by atoms with Crippen LogP contribution >= 0.6 is 0 Å². The molecule has 0 heterocycles. The number of hydrogen-bond acceptors (Lipinski definition) is 4. The smallest absolute Gasteiger partial charge is 0.251 e. The van der Waals surface area contributed by atoms with Crippen LogP contribution < -0.4 is 10.5 Å². The van der Waals surface area contributed by atoms with Crippen molar-refractivity contribution in [3.05, 3.63) is 28.8 Å². The van der Waals surface area contributed by atoms with E-state index in [4.69, 9.17) is 9.88 Å². The van der Waals surface area contributed by atoms with Crippen molar-refractivity contribution in [3.8, 4) is 0 Å². The second-order valence-corrected chi connectivity index (χ2v) is 6.76. The molecule has 21 heavy (non-hydrogen) atoms. The Labute approximate surface area is 125 Å². The van der Waals surface area contributed by atoms with E-state index in [1.807, 2.05) is 6.92 Å². The molecule has 0 saturated carbocycles. The Morgan fingerprint density at radius 2 is 2.00 bits per heavy atom. The molecule has 1 atom stereocenters. The second kappa shape index (κ2) is 7.02. The van der Waals surface area contributed by atoms with Crippen LogP contribution in [0.1, 0.15) is 28.4 Å². The Balaban J connectivity index is 2.99. The van der Waals surface area contributed by atoms with Gasteiger partial charge in [-0.25, -0.2) is 13.6 Å². The molecular formula is C14H22N2O4S. The zero-order valence-electron chi connectivity index (χ0n) is 12.8. The number of hydrogen-bond donors (Lipinski definition) is 2. The van der Waals surface area contributed by atoms with E-state index >= 15 is 0 Å². The molecule has 0 aromatic heterocycles. The highest BCUT2D eigenvalue weighted by Gasteiger charge is 2.17. The van der Waals surface area contributed by atoms with Crippen LogP contribution in [0.15, 0.2) is 17.0 Å². The number of carbonyl (C=O) groups is 1. The van der Waals surface area contributed by atoms with E-state index in [0.717, 1.165) is 0 Å². The van der Waals surface area contributed by atoms with Gasteiger partial charge in [0, 0.05) is 19.2 Å². The number of nitrogens with two attached hydrogens (primary N) is 1. The molecule has 1 aromatic rings. The van der Waals surface area contributed by atoms with Gasteiger partial charge in [-0.05, 0) is 43.0 Å². The minimum Gasteiger partial charge on any atom is -0.384 e. The van der Waals surface area contributed by atoms with Gasteiger partial charge >= 0.3 is 0 Å². The summed E-state index contributed by atoms with van der Waals surface area (Å²) < 4.78 is 28.1. The van der Waals surface area contributed by atoms with Gasteiger partial charge in [-0.2, -0.15) is 0 Å². The maximum atomic E-state index is 12.1. The number of sulfonamides is 1. The van der Waals surface area contributed by atoms with E-state index in [2.05, 4.69) is 5.32 Å². The molecule has 0 aliphatic carbocycles. The third-order valence-corrected chi connectivity index (χ3v) is 4.29. The van der Waals surface area contributed by atoms with Crippen molar-refractivity contribution < 1.29 is 17.9 Å². The minimum absolute atomic E-state index is 0.0161. The quantitative estimate of drug-likeness (QED) is 0.817. The molecule has 7 heteroatoms. The maximum absolute atomic E-state index is 12.1. The molecule has 0 aliphatic rings. The summed E-state index contributed by atoms with van der Waals surface area (Å²) in [5.41, 5.74) is 1.55. The van der Waals surface area contributed by atoms with Gasteiger partial charge in [-0.3, -0.25) is 4.79 Å². The van der Waals surface area contributed by atoms with Gasteiger partial charge in [-0.1, -0.05) is 6.92 Å². The lowest BCUT2D eigenvalue weighted by Gasteiger charge is -2.13. The molecule has 1 unspecified atom stereocenters. The van der Waals surface area contributed by atoms with E-state index in [9.17, 15) is 13.2 Å².